The topological polar surface area (TPSA) is 80.8 Å². The molecule has 0 bridgehead atoms. The quantitative estimate of drug-likeness (QED) is 0.737. The number of ether oxygens (including phenoxy) is 1. The van der Waals surface area contributed by atoms with Gasteiger partial charge in [-0.1, -0.05) is 24.3 Å². The fourth-order valence-corrected chi connectivity index (χ4v) is 4.85. The fraction of sp³-hybridized carbons (Fsp3) is 0.300. The van der Waals surface area contributed by atoms with Gasteiger partial charge in [0.1, 0.15) is 0 Å². The van der Waals surface area contributed by atoms with Crippen molar-refractivity contribution in [3.05, 3.63) is 59.7 Å². The molecule has 2 atom stereocenters. The predicted molar refractivity (Wildman–Crippen MR) is 101 cm³/mol. The van der Waals surface area contributed by atoms with Crippen LogP contribution in [0.15, 0.2) is 53.4 Å². The van der Waals surface area contributed by atoms with E-state index in [-0.39, 0.29) is 22.3 Å². The Morgan fingerprint density at radius 2 is 1.85 bits per heavy atom. The molecule has 1 aliphatic heterocycles. The van der Waals surface area contributed by atoms with Crippen molar-refractivity contribution in [1.82, 2.24) is 0 Å². The lowest BCUT2D eigenvalue weighted by Gasteiger charge is -2.24. The van der Waals surface area contributed by atoms with Crippen molar-refractivity contribution in [3.8, 4) is 0 Å². The molecule has 0 saturated heterocycles. The third kappa shape index (κ3) is 3.60. The number of rotatable bonds is 5. The van der Waals surface area contributed by atoms with Crippen LogP contribution < -0.4 is 4.31 Å². The zero-order chi connectivity index (χ0) is 19.8. The number of hydrogen-bond donors (Lipinski definition) is 0. The Morgan fingerprint density at radius 3 is 2.56 bits per heavy atom. The van der Waals surface area contributed by atoms with E-state index in [4.69, 9.17) is 4.74 Å². The van der Waals surface area contributed by atoms with Gasteiger partial charge in [0.25, 0.3) is 10.0 Å². The summed E-state index contributed by atoms with van der Waals surface area (Å²) in [4.78, 5) is 23.5. The first-order valence-electron chi connectivity index (χ1n) is 8.65. The van der Waals surface area contributed by atoms with Crippen molar-refractivity contribution in [2.24, 2.45) is 0 Å². The van der Waals surface area contributed by atoms with E-state index in [2.05, 4.69) is 0 Å². The Bertz CT molecular complexity index is 999. The number of hydrogen-bond acceptors (Lipinski definition) is 5. The maximum absolute atomic E-state index is 13.2. The summed E-state index contributed by atoms with van der Waals surface area (Å²) in [5, 5.41) is 0. The van der Waals surface area contributed by atoms with Crippen molar-refractivity contribution in [3.63, 3.8) is 0 Å². The maximum atomic E-state index is 13.2. The van der Waals surface area contributed by atoms with Crippen molar-refractivity contribution in [2.45, 2.75) is 44.2 Å². The summed E-state index contributed by atoms with van der Waals surface area (Å²) < 4.78 is 32.9. The van der Waals surface area contributed by atoms with Crippen LogP contribution in [-0.4, -0.2) is 32.3 Å². The molecular formula is C20H21NO5S. The van der Waals surface area contributed by atoms with Gasteiger partial charge in [0, 0.05) is 6.04 Å². The Kier molecular flexibility index (Phi) is 5.06. The van der Waals surface area contributed by atoms with Crippen molar-refractivity contribution < 1.29 is 22.7 Å². The standard InChI is InChI=1S/C20H21NO5S/c1-13-11-16-7-4-5-10-19(16)21(13)27(24,25)18-9-6-8-17(12-18)20(23)26-15(3)14(2)22/h4-10,12-13,15H,11H2,1-3H3/t13-,15+/m0/s1. The first-order chi connectivity index (χ1) is 12.7. The second kappa shape index (κ2) is 7.15. The summed E-state index contributed by atoms with van der Waals surface area (Å²) in [5.74, 6) is -1.01. The highest BCUT2D eigenvalue weighted by Gasteiger charge is 2.36. The van der Waals surface area contributed by atoms with Crippen molar-refractivity contribution >= 4 is 27.5 Å². The largest absolute Gasteiger partial charge is 0.451 e. The van der Waals surface area contributed by atoms with Gasteiger partial charge >= 0.3 is 5.97 Å². The van der Waals surface area contributed by atoms with E-state index < -0.39 is 22.1 Å². The normalized spacial score (nSPS) is 17.3. The molecule has 1 heterocycles. The molecule has 0 saturated carbocycles. The average Bonchev–Trinajstić information content (AvgIpc) is 2.98. The zero-order valence-corrected chi connectivity index (χ0v) is 16.2. The fourth-order valence-electron chi connectivity index (χ4n) is 3.11. The van der Waals surface area contributed by atoms with Gasteiger partial charge in [0.15, 0.2) is 11.9 Å². The van der Waals surface area contributed by atoms with Crippen LogP contribution in [0, 0.1) is 0 Å². The second-order valence-corrected chi connectivity index (χ2v) is 8.48. The van der Waals surface area contributed by atoms with Crippen LogP contribution in [0.3, 0.4) is 0 Å². The van der Waals surface area contributed by atoms with Crippen LogP contribution in [0.1, 0.15) is 36.7 Å². The minimum Gasteiger partial charge on any atom is -0.451 e. The molecule has 2 aromatic carbocycles. The van der Waals surface area contributed by atoms with Gasteiger partial charge in [-0.25, -0.2) is 13.2 Å². The van der Waals surface area contributed by atoms with E-state index in [1.807, 2.05) is 19.1 Å². The summed E-state index contributed by atoms with van der Waals surface area (Å²) >= 11 is 0. The number of ketones is 1. The van der Waals surface area contributed by atoms with Crippen LogP contribution >= 0.6 is 0 Å². The third-order valence-electron chi connectivity index (χ3n) is 4.63. The van der Waals surface area contributed by atoms with E-state index in [0.29, 0.717) is 12.1 Å². The number of benzene rings is 2. The first-order valence-corrected chi connectivity index (χ1v) is 10.1. The zero-order valence-electron chi connectivity index (χ0n) is 15.4. The number of anilines is 1. The third-order valence-corrected chi connectivity index (χ3v) is 6.55. The summed E-state index contributed by atoms with van der Waals surface area (Å²) in [7, 11) is -3.84. The lowest BCUT2D eigenvalue weighted by atomic mass is 10.1. The minimum atomic E-state index is -3.84. The molecule has 0 radical (unpaired) electrons. The summed E-state index contributed by atoms with van der Waals surface area (Å²) in [6, 6.07) is 12.9. The van der Waals surface area contributed by atoms with E-state index >= 15 is 0 Å². The molecule has 1 aliphatic rings. The number of Topliss-reactive ketones (excluding diaryl/α,β-unsaturated/α-hetero) is 1. The number of esters is 1. The van der Waals surface area contributed by atoms with Gasteiger partial charge in [-0.3, -0.25) is 9.10 Å². The molecule has 0 aliphatic carbocycles. The number of sulfonamides is 1. The number of carbonyl (C=O) groups excluding carboxylic acids is 2. The number of fused-ring (bicyclic) bond motifs is 1. The van der Waals surface area contributed by atoms with Crippen molar-refractivity contribution in [1.29, 1.82) is 0 Å². The lowest BCUT2D eigenvalue weighted by molar-refractivity contribution is -0.124. The Labute approximate surface area is 158 Å². The molecule has 2 aromatic rings. The first kappa shape index (κ1) is 19.1. The SMILES string of the molecule is CC(=O)[C@@H](C)OC(=O)c1cccc(S(=O)(=O)N2c3ccccc3C[C@@H]2C)c1. The van der Waals surface area contributed by atoms with E-state index in [0.717, 1.165) is 5.56 Å². The molecule has 0 amide bonds. The summed E-state index contributed by atoms with van der Waals surface area (Å²) in [5.41, 5.74) is 1.71. The molecule has 142 valence electrons. The van der Waals surface area contributed by atoms with Crippen LogP contribution in [0.4, 0.5) is 5.69 Å². The molecule has 0 fully saturated rings. The maximum Gasteiger partial charge on any atom is 0.338 e. The lowest BCUT2D eigenvalue weighted by Crippen LogP contribution is -2.35. The molecule has 0 N–H and O–H groups in total. The van der Waals surface area contributed by atoms with Crippen LogP contribution in [0.5, 0.6) is 0 Å². The highest BCUT2D eigenvalue weighted by Crippen LogP contribution is 2.36. The van der Waals surface area contributed by atoms with Gasteiger partial charge < -0.3 is 4.74 Å². The van der Waals surface area contributed by atoms with Crippen molar-refractivity contribution in [2.75, 3.05) is 4.31 Å². The van der Waals surface area contributed by atoms with Gasteiger partial charge in [0.2, 0.25) is 0 Å². The molecule has 6 nitrogen and oxygen atoms in total. The molecule has 27 heavy (non-hydrogen) atoms. The molecule has 3 rings (SSSR count). The summed E-state index contributed by atoms with van der Waals surface area (Å²) in [6.07, 6.45) is -0.254. The summed E-state index contributed by atoms with van der Waals surface area (Å²) in [6.45, 7) is 4.65. The smallest absolute Gasteiger partial charge is 0.338 e. The Morgan fingerprint density at radius 1 is 1.15 bits per heavy atom. The van der Waals surface area contributed by atoms with E-state index in [9.17, 15) is 18.0 Å². The number of carbonyl (C=O) groups is 2. The van der Waals surface area contributed by atoms with Gasteiger partial charge in [-0.05, 0) is 57.0 Å². The van der Waals surface area contributed by atoms with Crippen LogP contribution in [-0.2, 0) is 26.0 Å². The Hall–Kier alpha value is -2.67. The molecule has 7 heteroatoms. The van der Waals surface area contributed by atoms with Crippen LogP contribution in [0.25, 0.3) is 0 Å². The number of para-hydroxylation sites is 1. The molecule has 0 unspecified atom stereocenters. The number of nitrogens with zero attached hydrogens (tertiary/aromatic N) is 1. The average molecular weight is 387 g/mol. The van der Waals surface area contributed by atoms with Gasteiger partial charge in [-0.15, -0.1) is 0 Å². The molecular weight excluding hydrogens is 366 g/mol. The monoisotopic (exact) mass is 387 g/mol. The molecule has 0 aromatic heterocycles. The van der Waals surface area contributed by atoms with E-state index in [1.54, 1.807) is 12.1 Å². The highest BCUT2D eigenvalue weighted by atomic mass is 32.2. The van der Waals surface area contributed by atoms with E-state index in [1.165, 1.54) is 42.4 Å². The Balaban J connectivity index is 1.95. The minimum absolute atomic E-state index is 0.0102. The molecule has 0 spiro atoms. The van der Waals surface area contributed by atoms with Gasteiger partial charge in [0.05, 0.1) is 16.1 Å². The van der Waals surface area contributed by atoms with Gasteiger partial charge in [-0.2, -0.15) is 0 Å². The second-order valence-electron chi connectivity index (χ2n) is 6.67. The highest BCUT2D eigenvalue weighted by molar-refractivity contribution is 7.92. The van der Waals surface area contributed by atoms with Crippen LogP contribution in [0.2, 0.25) is 0 Å². The predicted octanol–water partition coefficient (Wildman–Crippen LogP) is 2.96.